The standard InChI is InChI=1S/C15H28N2O/c1-2-17(11-12-5-7-18-8-6-12)15-9-13-3-4-14(10-15)16-13/h12-16H,2-11H2,1H3/t13-,14+,15?. The molecule has 3 rings (SSSR count). The summed E-state index contributed by atoms with van der Waals surface area (Å²) in [6.07, 6.45) is 8.13. The molecule has 2 bridgehead atoms. The van der Waals surface area contributed by atoms with Crippen LogP contribution >= 0.6 is 0 Å². The first-order chi connectivity index (χ1) is 8.85. The van der Waals surface area contributed by atoms with Crippen LogP contribution < -0.4 is 5.32 Å². The third kappa shape index (κ3) is 2.89. The van der Waals surface area contributed by atoms with Crippen LogP contribution in [0.3, 0.4) is 0 Å². The summed E-state index contributed by atoms with van der Waals surface area (Å²) in [7, 11) is 0. The quantitative estimate of drug-likeness (QED) is 0.828. The second-order valence-electron chi connectivity index (χ2n) is 6.41. The molecular formula is C15H28N2O. The Morgan fingerprint density at radius 2 is 1.72 bits per heavy atom. The molecule has 3 heterocycles. The van der Waals surface area contributed by atoms with Gasteiger partial charge in [-0.3, -0.25) is 0 Å². The molecule has 3 atom stereocenters. The molecule has 3 nitrogen and oxygen atoms in total. The molecule has 0 radical (unpaired) electrons. The van der Waals surface area contributed by atoms with Crippen molar-refractivity contribution in [3.8, 4) is 0 Å². The smallest absolute Gasteiger partial charge is 0.0469 e. The van der Waals surface area contributed by atoms with Gasteiger partial charge >= 0.3 is 0 Å². The van der Waals surface area contributed by atoms with Crippen molar-refractivity contribution in [3.05, 3.63) is 0 Å². The van der Waals surface area contributed by atoms with Crippen LogP contribution in [-0.4, -0.2) is 49.3 Å². The van der Waals surface area contributed by atoms with E-state index in [1.807, 2.05) is 0 Å². The molecule has 0 spiro atoms. The summed E-state index contributed by atoms with van der Waals surface area (Å²) < 4.78 is 5.48. The summed E-state index contributed by atoms with van der Waals surface area (Å²) in [6, 6.07) is 2.48. The fraction of sp³-hybridized carbons (Fsp3) is 1.00. The average molecular weight is 252 g/mol. The van der Waals surface area contributed by atoms with Gasteiger partial charge in [0, 0.05) is 37.9 Å². The Bertz CT molecular complexity index is 253. The molecule has 0 saturated carbocycles. The fourth-order valence-corrected chi connectivity index (χ4v) is 4.12. The summed E-state index contributed by atoms with van der Waals surface area (Å²) in [5.41, 5.74) is 0. The molecular weight excluding hydrogens is 224 g/mol. The zero-order valence-electron chi connectivity index (χ0n) is 11.7. The highest BCUT2D eigenvalue weighted by atomic mass is 16.5. The molecule has 3 aliphatic rings. The second-order valence-corrected chi connectivity index (χ2v) is 6.41. The summed E-state index contributed by atoms with van der Waals surface area (Å²) in [5, 5.41) is 3.76. The van der Waals surface area contributed by atoms with Gasteiger partial charge < -0.3 is 15.0 Å². The minimum atomic E-state index is 0.817. The normalized spacial score (nSPS) is 37.3. The van der Waals surface area contributed by atoms with Gasteiger partial charge in [-0.15, -0.1) is 0 Å². The number of rotatable bonds is 4. The third-order valence-corrected chi connectivity index (χ3v) is 5.20. The number of hydrogen-bond acceptors (Lipinski definition) is 3. The summed E-state index contributed by atoms with van der Waals surface area (Å²) in [4.78, 5) is 2.77. The van der Waals surface area contributed by atoms with E-state index in [0.29, 0.717) is 0 Å². The van der Waals surface area contributed by atoms with Gasteiger partial charge in [0.05, 0.1) is 0 Å². The number of ether oxygens (including phenoxy) is 1. The Hall–Kier alpha value is -0.120. The van der Waals surface area contributed by atoms with Gasteiger partial charge in [0.2, 0.25) is 0 Å². The molecule has 1 unspecified atom stereocenters. The van der Waals surface area contributed by atoms with Gasteiger partial charge in [0.25, 0.3) is 0 Å². The molecule has 0 aromatic carbocycles. The van der Waals surface area contributed by atoms with Crippen molar-refractivity contribution in [2.75, 3.05) is 26.3 Å². The van der Waals surface area contributed by atoms with Crippen molar-refractivity contribution in [3.63, 3.8) is 0 Å². The molecule has 1 N–H and O–H groups in total. The number of nitrogens with one attached hydrogen (secondary N) is 1. The lowest BCUT2D eigenvalue weighted by atomic mass is 9.94. The van der Waals surface area contributed by atoms with Crippen LogP contribution in [0.25, 0.3) is 0 Å². The molecule has 0 aromatic rings. The molecule has 3 fully saturated rings. The van der Waals surface area contributed by atoms with E-state index in [1.165, 1.54) is 51.6 Å². The lowest BCUT2D eigenvalue weighted by Crippen LogP contribution is -2.49. The van der Waals surface area contributed by atoms with E-state index in [0.717, 1.165) is 37.3 Å². The van der Waals surface area contributed by atoms with Crippen molar-refractivity contribution < 1.29 is 4.74 Å². The molecule has 0 aliphatic carbocycles. The third-order valence-electron chi connectivity index (χ3n) is 5.20. The Kier molecular flexibility index (Phi) is 4.22. The van der Waals surface area contributed by atoms with Crippen LogP contribution in [0.4, 0.5) is 0 Å². The van der Waals surface area contributed by atoms with Gasteiger partial charge in [0.15, 0.2) is 0 Å². The molecule has 18 heavy (non-hydrogen) atoms. The predicted molar refractivity (Wildman–Crippen MR) is 73.8 cm³/mol. The van der Waals surface area contributed by atoms with Crippen molar-refractivity contribution in [2.24, 2.45) is 5.92 Å². The molecule has 3 heteroatoms. The van der Waals surface area contributed by atoms with Crippen LogP contribution in [0.5, 0.6) is 0 Å². The Labute approximate surface area is 111 Å². The van der Waals surface area contributed by atoms with Gasteiger partial charge in [-0.2, -0.15) is 0 Å². The molecule has 0 aromatic heterocycles. The predicted octanol–water partition coefficient (Wildman–Crippen LogP) is 2.02. The van der Waals surface area contributed by atoms with E-state index < -0.39 is 0 Å². The van der Waals surface area contributed by atoms with E-state index >= 15 is 0 Å². The summed E-state index contributed by atoms with van der Waals surface area (Å²) in [6.45, 7) is 6.84. The van der Waals surface area contributed by atoms with Crippen molar-refractivity contribution in [1.29, 1.82) is 0 Å². The monoisotopic (exact) mass is 252 g/mol. The zero-order valence-corrected chi connectivity index (χ0v) is 11.7. The van der Waals surface area contributed by atoms with Crippen molar-refractivity contribution in [1.82, 2.24) is 10.2 Å². The largest absolute Gasteiger partial charge is 0.381 e. The van der Waals surface area contributed by atoms with Crippen LogP contribution in [0, 0.1) is 5.92 Å². The second kappa shape index (κ2) is 5.89. The molecule has 104 valence electrons. The first-order valence-corrected chi connectivity index (χ1v) is 7.93. The number of piperidine rings is 1. The van der Waals surface area contributed by atoms with E-state index in [1.54, 1.807) is 0 Å². The highest BCUT2D eigenvalue weighted by Crippen LogP contribution is 2.30. The highest BCUT2D eigenvalue weighted by molar-refractivity contribution is 4.95. The van der Waals surface area contributed by atoms with Gasteiger partial charge in [-0.05, 0) is 51.0 Å². The lowest BCUT2D eigenvalue weighted by molar-refractivity contribution is 0.0406. The highest BCUT2D eigenvalue weighted by Gasteiger charge is 2.36. The van der Waals surface area contributed by atoms with Gasteiger partial charge in [0.1, 0.15) is 0 Å². The van der Waals surface area contributed by atoms with Crippen LogP contribution in [-0.2, 0) is 4.74 Å². The van der Waals surface area contributed by atoms with Crippen molar-refractivity contribution in [2.45, 2.75) is 63.6 Å². The lowest BCUT2D eigenvalue weighted by Gasteiger charge is -2.39. The van der Waals surface area contributed by atoms with E-state index in [4.69, 9.17) is 4.74 Å². The topological polar surface area (TPSA) is 24.5 Å². The van der Waals surface area contributed by atoms with Gasteiger partial charge in [-0.1, -0.05) is 6.92 Å². The Morgan fingerprint density at radius 1 is 1.06 bits per heavy atom. The molecule has 0 amide bonds. The maximum absolute atomic E-state index is 5.48. The summed E-state index contributed by atoms with van der Waals surface area (Å²) in [5.74, 6) is 0.881. The van der Waals surface area contributed by atoms with Crippen molar-refractivity contribution >= 4 is 0 Å². The first kappa shape index (κ1) is 12.9. The number of nitrogens with zero attached hydrogens (tertiary/aromatic N) is 1. The van der Waals surface area contributed by atoms with Gasteiger partial charge in [-0.25, -0.2) is 0 Å². The SMILES string of the molecule is CCN(CC1CCOCC1)C1C[C@H]2CC[C@@H](C1)N2. The minimum absolute atomic E-state index is 0.817. The first-order valence-electron chi connectivity index (χ1n) is 7.93. The number of fused-ring (bicyclic) bond motifs is 2. The zero-order chi connectivity index (χ0) is 12.4. The van der Waals surface area contributed by atoms with Crippen LogP contribution in [0.1, 0.15) is 45.4 Å². The molecule has 3 saturated heterocycles. The Morgan fingerprint density at radius 3 is 2.33 bits per heavy atom. The maximum Gasteiger partial charge on any atom is 0.0469 e. The Balaban J connectivity index is 1.54. The van der Waals surface area contributed by atoms with E-state index in [-0.39, 0.29) is 0 Å². The maximum atomic E-state index is 5.48. The molecule has 3 aliphatic heterocycles. The fourth-order valence-electron chi connectivity index (χ4n) is 4.12. The van der Waals surface area contributed by atoms with Crippen LogP contribution in [0.15, 0.2) is 0 Å². The average Bonchev–Trinajstić information content (AvgIpc) is 2.76. The number of hydrogen-bond donors (Lipinski definition) is 1. The van der Waals surface area contributed by atoms with E-state index in [9.17, 15) is 0 Å². The van der Waals surface area contributed by atoms with Crippen LogP contribution in [0.2, 0.25) is 0 Å². The minimum Gasteiger partial charge on any atom is -0.381 e. The summed E-state index contributed by atoms with van der Waals surface area (Å²) >= 11 is 0. The van der Waals surface area contributed by atoms with E-state index in [2.05, 4.69) is 17.1 Å².